The first-order valence-electron chi connectivity index (χ1n) is 6.70. The number of rotatable bonds is 4. The largest absolute Gasteiger partial charge is 0.489 e. The van der Waals surface area contributed by atoms with Gasteiger partial charge in [0.2, 0.25) is 0 Å². The molecule has 3 rings (SSSR count). The summed E-state index contributed by atoms with van der Waals surface area (Å²) in [6, 6.07) is 17.0. The number of carbonyl (C=O) groups is 1. The number of fused-ring (bicyclic) bond motifs is 1. The van der Waals surface area contributed by atoms with E-state index >= 15 is 0 Å². The van der Waals surface area contributed by atoms with E-state index in [1.54, 1.807) is 7.05 Å². The third kappa shape index (κ3) is 2.60. The summed E-state index contributed by atoms with van der Waals surface area (Å²) < 4.78 is 11.4. The maximum Gasteiger partial charge on any atom is 0.287 e. The number of benzene rings is 2. The molecule has 1 aromatic heterocycles. The zero-order valence-electron chi connectivity index (χ0n) is 11.6. The molecule has 0 spiro atoms. The molecule has 21 heavy (non-hydrogen) atoms. The topological polar surface area (TPSA) is 51.5 Å². The van der Waals surface area contributed by atoms with Gasteiger partial charge in [0, 0.05) is 18.0 Å². The van der Waals surface area contributed by atoms with Gasteiger partial charge in [-0.1, -0.05) is 36.4 Å². The molecular weight excluding hydrogens is 266 g/mol. The number of para-hydroxylation sites is 2. The van der Waals surface area contributed by atoms with Crippen molar-refractivity contribution in [3.05, 3.63) is 65.9 Å². The van der Waals surface area contributed by atoms with Gasteiger partial charge in [-0.3, -0.25) is 4.79 Å². The molecule has 0 saturated carbocycles. The van der Waals surface area contributed by atoms with Crippen molar-refractivity contribution in [3.8, 4) is 5.75 Å². The molecule has 0 bridgehead atoms. The summed E-state index contributed by atoms with van der Waals surface area (Å²) in [7, 11) is 1.58. The fourth-order valence-corrected chi connectivity index (χ4v) is 2.21. The van der Waals surface area contributed by atoms with E-state index < -0.39 is 0 Å². The molecule has 0 fully saturated rings. The molecule has 0 radical (unpaired) electrons. The van der Waals surface area contributed by atoms with E-state index in [1.165, 1.54) is 0 Å². The van der Waals surface area contributed by atoms with Crippen molar-refractivity contribution in [2.75, 3.05) is 7.05 Å². The van der Waals surface area contributed by atoms with Crippen LogP contribution in [0.4, 0.5) is 0 Å². The second kappa shape index (κ2) is 5.71. The molecule has 0 atom stereocenters. The van der Waals surface area contributed by atoms with Crippen LogP contribution in [0.3, 0.4) is 0 Å². The molecule has 0 saturated heterocycles. The van der Waals surface area contributed by atoms with E-state index in [9.17, 15) is 4.79 Å². The smallest absolute Gasteiger partial charge is 0.287 e. The third-order valence-corrected chi connectivity index (χ3v) is 3.26. The lowest BCUT2D eigenvalue weighted by atomic mass is 10.1. The minimum absolute atomic E-state index is 0.252. The maximum atomic E-state index is 12.0. The maximum absolute atomic E-state index is 12.0. The van der Waals surface area contributed by atoms with Gasteiger partial charge >= 0.3 is 0 Å². The average Bonchev–Trinajstić information content (AvgIpc) is 2.92. The van der Waals surface area contributed by atoms with E-state index in [0.29, 0.717) is 11.3 Å². The molecule has 0 aliphatic carbocycles. The summed E-state index contributed by atoms with van der Waals surface area (Å²) in [5.74, 6) is 0.804. The van der Waals surface area contributed by atoms with Crippen LogP contribution in [0.1, 0.15) is 16.1 Å². The Bertz CT molecular complexity index is 762. The molecule has 0 aliphatic rings. The van der Waals surface area contributed by atoms with Crippen molar-refractivity contribution >= 4 is 16.9 Å². The van der Waals surface area contributed by atoms with Gasteiger partial charge in [-0.05, 0) is 18.2 Å². The average molecular weight is 281 g/mol. The molecule has 1 heterocycles. The van der Waals surface area contributed by atoms with Crippen LogP contribution in [-0.4, -0.2) is 13.0 Å². The van der Waals surface area contributed by atoms with Crippen molar-refractivity contribution in [2.45, 2.75) is 6.61 Å². The Labute approximate surface area is 122 Å². The van der Waals surface area contributed by atoms with Crippen molar-refractivity contribution in [1.82, 2.24) is 5.32 Å². The Morgan fingerprint density at radius 2 is 1.81 bits per heavy atom. The zero-order valence-corrected chi connectivity index (χ0v) is 11.6. The first kappa shape index (κ1) is 13.2. The van der Waals surface area contributed by atoms with E-state index in [0.717, 1.165) is 16.7 Å². The molecule has 1 N–H and O–H groups in total. The normalized spacial score (nSPS) is 10.5. The van der Waals surface area contributed by atoms with Crippen molar-refractivity contribution in [2.24, 2.45) is 0 Å². The second-order valence-corrected chi connectivity index (χ2v) is 4.59. The van der Waals surface area contributed by atoms with Crippen LogP contribution < -0.4 is 10.1 Å². The highest BCUT2D eigenvalue weighted by atomic mass is 16.5. The standard InChI is InChI=1S/C17H15NO3/c1-18-17(19)16-14(11-20-12-7-3-2-4-8-12)13-9-5-6-10-15(13)21-16/h2-10H,11H2,1H3,(H,18,19). The number of nitrogens with one attached hydrogen (secondary N) is 1. The molecule has 2 aromatic carbocycles. The van der Waals surface area contributed by atoms with Gasteiger partial charge in [0.15, 0.2) is 5.76 Å². The Kier molecular flexibility index (Phi) is 3.60. The molecular formula is C17H15NO3. The lowest BCUT2D eigenvalue weighted by Crippen LogP contribution is -2.19. The van der Waals surface area contributed by atoms with Gasteiger partial charge in [0.1, 0.15) is 17.9 Å². The lowest BCUT2D eigenvalue weighted by molar-refractivity contribution is 0.0934. The summed E-state index contributed by atoms with van der Waals surface area (Å²) >= 11 is 0. The predicted octanol–water partition coefficient (Wildman–Crippen LogP) is 3.37. The molecule has 4 nitrogen and oxygen atoms in total. The predicted molar refractivity (Wildman–Crippen MR) is 80.4 cm³/mol. The molecule has 4 heteroatoms. The molecule has 3 aromatic rings. The third-order valence-electron chi connectivity index (χ3n) is 3.26. The van der Waals surface area contributed by atoms with Gasteiger partial charge in [0.05, 0.1) is 0 Å². The SMILES string of the molecule is CNC(=O)c1oc2ccccc2c1COc1ccccc1. The van der Waals surface area contributed by atoms with Crippen LogP contribution in [0, 0.1) is 0 Å². The molecule has 1 amide bonds. The highest BCUT2D eigenvalue weighted by molar-refractivity contribution is 5.98. The van der Waals surface area contributed by atoms with Gasteiger partial charge in [-0.25, -0.2) is 0 Å². The minimum atomic E-state index is -0.252. The summed E-state index contributed by atoms with van der Waals surface area (Å²) in [6.07, 6.45) is 0. The van der Waals surface area contributed by atoms with Crippen molar-refractivity contribution in [1.29, 1.82) is 0 Å². The van der Waals surface area contributed by atoms with E-state index in [1.807, 2.05) is 54.6 Å². The van der Waals surface area contributed by atoms with E-state index in [4.69, 9.17) is 9.15 Å². The van der Waals surface area contributed by atoms with Crippen LogP contribution in [0.15, 0.2) is 59.0 Å². The van der Waals surface area contributed by atoms with Gasteiger partial charge < -0.3 is 14.5 Å². The highest BCUT2D eigenvalue weighted by Crippen LogP contribution is 2.27. The summed E-state index contributed by atoms with van der Waals surface area (Å²) in [5, 5.41) is 3.49. The summed E-state index contributed by atoms with van der Waals surface area (Å²) in [4.78, 5) is 12.0. The molecule has 106 valence electrons. The summed E-state index contributed by atoms with van der Waals surface area (Å²) in [5.41, 5.74) is 1.44. The lowest BCUT2D eigenvalue weighted by Gasteiger charge is -2.06. The van der Waals surface area contributed by atoms with Crippen LogP contribution >= 0.6 is 0 Å². The quantitative estimate of drug-likeness (QED) is 0.797. The van der Waals surface area contributed by atoms with Gasteiger partial charge in [-0.15, -0.1) is 0 Å². The van der Waals surface area contributed by atoms with E-state index in [2.05, 4.69) is 5.32 Å². The van der Waals surface area contributed by atoms with E-state index in [-0.39, 0.29) is 12.5 Å². The highest BCUT2D eigenvalue weighted by Gasteiger charge is 2.19. The second-order valence-electron chi connectivity index (χ2n) is 4.59. The van der Waals surface area contributed by atoms with Gasteiger partial charge in [0.25, 0.3) is 5.91 Å². The number of hydrogen-bond donors (Lipinski definition) is 1. The summed E-state index contributed by atoms with van der Waals surface area (Å²) in [6.45, 7) is 0.282. The number of amides is 1. The number of furan rings is 1. The number of hydrogen-bond acceptors (Lipinski definition) is 3. The Morgan fingerprint density at radius 1 is 1.10 bits per heavy atom. The van der Waals surface area contributed by atoms with Crippen LogP contribution in [0.25, 0.3) is 11.0 Å². The Balaban J connectivity index is 1.97. The number of carbonyl (C=O) groups excluding carboxylic acids is 1. The van der Waals surface area contributed by atoms with Gasteiger partial charge in [-0.2, -0.15) is 0 Å². The monoisotopic (exact) mass is 281 g/mol. The van der Waals surface area contributed by atoms with Crippen molar-refractivity contribution in [3.63, 3.8) is 0 Å². The number of ether oxygens (including phenoxy) is 1. The van der Waals surface area contributed by atoms with Crippen LogP contribution in [0.2, 0.25) is 0 Å². The first-order valence-corrected chi connectivity index (χ1v) is 6.70. The fraction of sp³-hybridized carbons (Fsp3) is 0.118. The Morgan fingerprint density at radius 3 is 2.57 bits per heavy atom. The Hall–Kier alpha value is -2.75. The van der Waals surface area contributed by atoms with Crippen LogP contribution in [-0.2, 0) is 6.61 Å². The van der Waals surface area contributed by atoms with Crippen molar-refractivity contribution < 1.29 is 13.9 Å². The van der Waals surface area contributed by atoms with Crippen LogP contribution in [0.5, 0.6) is 5.75 Å². The zero-order chi connectivity index (χ0) is 14.7. The fourth-order valence-electron chi connectivity index (χ4n) is 2.21. The molecule has 0 aliphatic heterocycles. The minimum Gasteiger partial charge on any atom is -0.489 e. The first-order chi connectivity index (χ1) is 10.3. The molecule has 0 unspecified atom stereocenters.